The summed E-state index contributed by atoms with van der Waals surface area (Å²) in [6, 6.07) is 14.2. The van der Waals surface area contributed by atoms with Crippen molar-refractivity contribution in [3.05, 3.63) is 91.6 Å². The van der Waals surface area contributed by atoms with Gasteiger partial charge in [-0.15, -0.1) is 0 Å². The largest absolute Gasteiger partial charge is 0.462 e. The SMILES string of the molecule is CCCCOC(=O)c1ccc(-n2c(C)cc(/C=C3\SC(=O)N(Cc4ccc(Cl)cc4Cl)C3=O)c2C)cc1. The predicted octanol–water partition coefficient (Wildman–Crippen LogP) is 7.59. The van der Waals surface area contributed by atoms with E-state index >= 15 is 0 Å². The van der Waals surface area contributed by atoms with Gasteiger partial charge in [-0.3, -0.25) is 14.5 Å². The van der Waals surface area contributed by atoms with Crippen molar-refractivity contribution in [1.29, 1.82) is 0 Å². The molecule has 2 aromatic carbocycles. The third-order valence-electron chi connectivity index (χ3n) is 6.07. The van der Waals surface area contributed by atoms with Crippen molar-refractivity contribution < 1.29 is 19.1 Å². The molecule has 1 aliphatic rings. The minimum Gasteiger partial charge on any atom is -0.462 e. The number of aryl methyl sites for hydroxylation is 1. The van der Waals surface area contributed by atoms with E-state index in [1.165, 1.54) is 4.90 Å². The van der Waals surface area contributed by atoms with Gasteiger partial charge in [-0.05, 0) is 91.7 Å². The fourth-order valence-corrected chi connectivity index (χ4v) is 5.37. The molecule has 37 heavy (non-hydrogen) atoms. The van der Waals surface area contributed by atoms with E-state index in [-0.39, 0.29) is 23.7 Å². The molecule has 0 bridgehead atoms. The quantitative estimate of drug-likeness (QED) is 0.162. The van der Waals surface area contributed by atoms with Gasteiger partial charge in [0.2, 0.25) is 0 Å². The number of imide groups is 1. The summed E-state index contributed by atoms with van der Waals surface area (Å²) in [6.07, 6.45) is 3.54. The predicted molar refractivity (Wildman–Crippen MR) is 148 cm³/mol. The molecule has 0 saturated carbocycles. The lowest BCUT2D eigenvalue weighted by Crippen LogP contribution is -2.27. The first kappa shape index (κ1) is 27.0. The number of thioether (sulfide) groups is 1. The molecule has 2 amide bonds. The molecule has 3 aromatic rings. The topological polar surface area (TPSA) is 68.6 Å². The Bertz CT molecular complexity index is 1400. The minimum absolute atomic E-state index is 0.0737. The van der Waals surface area contributed by atoms with Crippen LogP contribution in [0.1, 0.15) is 52.6 Å². The summed E-state index contributed by atoms with van der Waals surface area (Å²) in [6.45, 7) is 6.44. The van der Waals surface area contributed by atoms with Gasteiger partial charge in [0, 0.05) is 27.1 Å². The molecule has 9 heteroatoms. The van der Waals surface area contributed by atoms with Gasteiger partial charge in [-0.2, -0.15) is 0 Å². The van der Waals surface area contributed by atoms with Gasteiger partial charge in [0.25, 0.3) is 11.1 Å². The first-order chi connectivity index (χ1) is 17.7. The fourth-order valence-electron chi connectivity index (χ4n) is 4.07. The van der Waals surface area contributed by atoms with E-state index in [9.17, 15) is 14.4 Å². The maximum Gasteiger partial charge on any atom is 0.338 e. The molecule has 0 aliphatic carbocycles. The van der Waals surface area contributed by atoms with Gasteiger partial charge in [0.05, 0.1) is 23.6 Å². The van der Waals surface area contributed by atoms with Gasteiger partial charge in [-0.25, -0.2) is 4.79 Å². The zero-order valence-electron chi connectivity index (χ0n) is 20.7. The molecule has 0 radical (unpaired) electrons. The maximum atomic E-state index is 13.1. The van der Waals surface area contributed by atoms with Crippen LogP contribution in [-0.4, -0.2) is 33.2 Å². The van der Waals surface area contributed by atoms with E-state index in [0.717, 1.165) is 47.2 Å². The van der Waals surface area contributed by atoms with Crippen LogP contribution < -0.4 is 0 Å². The Morgan fingerprint density at radius 2 is 1.78 bits per heavy atom. The molecule has 1 fully saturated rings. The monoisotopic (exact) mass is 556 g/mol. The van der Waals surface area contributed by atoms with Gasteiger partial charge in [-0.1, -0.05) is 42.6 Å². The van der Waals surface area contributed by atoms with Crippen LogP contribution in [0.25, 0.3) is 11.8 Å². The molecule has 2 heterocycles. The van der Waals surface area contributed by atoms with Gasteiger partial charge in [0.15, 0.2) is 0 Å². The Morgan fingerprint density at radius 1 is 1.05 bits per heavy atom. The Hall–Kier alpha value is -3.00. The lowest BCUT2D eigenvalue weighted by atomic mass is 10.2. The highest BCUT2D eigenvalue weighted by atomic mass is 35.5. The van der Waals surface area contributed by atoms with E-state index in [0.29, 0.717) is 32.7 Å². The summed E-state index contributed by atoms with van der Waals surface area (Å²) in [5.41, 5.74) is 4.71. The van der Waals surface area contributed by atoms with Crippen molar-refractivity contribution in [2.24, 2.45) is 0 Å². The summed E-state index contributed by atoms with van der Waals surface area (Å²) in [4.78, 5) is 39.4. The van der Waals surface area contributed by atoms with Crippen LogP contribution in [0.2, 0.25) is 10.0 Å². The van der Waals surface area contributed by atoms with E-state index in [1.54, 1.807) is 36.4 Å². The molecule has 4 rings (SSSR count). The smallest absolute Gasteiger partial charge is 0.338 e. The Labute approximate surface area is 230 Å². The van der Waals surface area contributed by atoms with Gasteiger partial charge in [0.1, 0.15) is 0 Å². The van der Waals surface area contributed by atoms with Crippen molar-refractivity contribution in [3.63, 3.8) is 0 Å². The highest BCUT2D eigenvalue weighted by Crippen LogP contribution is 2.35. The van der Waals surface area contributed by atoms with Crippen LogP contribution in [0.4, 0.5) is 4.79 Å². The molecule has 1 aliphatic heterocycles. The molecule has 192 valence electrons. The second-order valence-electron chi connectivity index (χ2n) is 8.70. The molecule has 1 aromatic heterocycles. The third kappa shape index (κ3) is 5.95. The molecular formula is C28H26Cl2N2O4S. The van der Waals surface area contributed by atoms with Crippen molar-refractivity contribution in [2.75, 3.05) is 6.61 Å². The normalized spacial score (nSPS) is 14.6. The third-order valence-corrected chi connectivity index (χ3v) is 7.56. The highest BCUT2D eigenvalue weighted by Gasteiger charge is 2.35. The van der Waals surface area contributed by atoms with Crippen molar-refractivity contribution in [1.82, 2.24) is 9.47 Å². The van der Waals surface area contributed by atoms with Gasteiger partial charge < -0.3 is 9.30 Å². The van der Waals surface area contributed by atoms with Crippen LogP contribution in [-0.2, 0) is 16.1 Å². The number of ether oxygens (including phenoxy) is 1. The zero-order valence-corrected chi connectivity index (χ0v) is 23.0. The Kier molecular flexibility index (Phi) is 8.47. The van der Waals surface area contributed by atoms with Gasteiger partial charge >= 0.3 is 5.97 Å². The number of esters is 1. The first-order valence-corrected chi connectivity index (χ1v) is 13.4. The fraction of sp³-hybridized carbons (Fsp3) is 0.250. The number of hydrogen-bond donors (Lipinski definition) is 0. The molecular weight excluding hydrogens is 531 g/mol. The Morgan fingerprint density at radius 3 is 2.46 bits per heavy atom. The van der Waals surface area contributed by atoms with E-state index in [2.05, 4.69) is 0 Å². The van der Waals surface area contributed by atoms with Crippen molar-refractivity contribution >= 4 is 58.2 Å². The lowest BCUT2D eigenvalue weighted by molar-refractivity contribution is -0.123. The summed E-state index contributed by atoms with van der Waals surface area (Å²) in [5, 5.41) is 0.538. The number of nitrogens with zero attached hydrogens (tertiary/aromatic N) is 2. The molecule has 0 unspecified atom stereocenters. The van der Waals surface area contributed by atoms with E-state index in [4.69, 9.17) is 27.9 Å². The number of rotatable bonds is 8. The summed E-state index contributed by atoms with van der Waals surface area (Å²) in [7, 11) is 0. The molecule has 0 N–H and O–H groups in total. The Balaban J connectivity index is 1.54. The molecule has 0 spiro atoms. The maximum absolute atomic E-state index is 13.1. The summed E-state index contributed by atoms with van der Waals surface area (Å²) in [5.74, 6) is -0.700. The molecule has 6 nitrogen and oxygen atoms in total. The number of halogens is 2. The number of aromatic nitrogens is 1. The number of benzene rings is 2. The van der Waals surface area contributed by atoms with E-state index < -0.39 is 0 Å². The number of carbonyl (C=O) groups is 3. The average Bonchev–Trinajstić information content (AvgIpc) is 3.29. The number of carbonyl (C=O) groups excluding carboxylic acids is 3. The second-order valence-corrected chi connectivity index (χ2v) is 10.5. The summed E-state index contributed by atoms with van der Waals surface area (Å²) >= 11 is 13.1. The van der Waals surface area contributed by atoms with E-state index in [1.807, 2.05) is 43.5 Å². The number of unbranched alkanes of at least 4 members (excludes halogenated alkanes) is 1. The minimum atomic E-state index is -0.364. The van der Waals surface area contributed by atoms with Crippen molar-refractivity contribution in [2.45, 2.75) is 40.2 Å². The van der Waals surface area contributed by atoms with Crippen LogP contribution in [0.15, 0.2) is 53.4 Å². The zero-order chi connectivity index (χ0) is 26.7. The number of amides is 2. The van der Waals surface area contributed by atoms with Crippen LogP contribution in [0.5, 0.6) is 0 Å². The molecule has 0 atom stereocenters. The van der Waals surface area contributed by atoms with Crippen LogP contribution >= 0.6 is 35.0 Å². The number of hydrogen-bond acceptors (Lipinski definition) is 5. The average molecular weight is 557 g/mol. The standard InChI is InChI=1S/C28H26Cl2N2O4S/c1-4-5-12-36-27(34)19-7-10-23(11-8-19)32-17(2)13-21(18(32)3)14-25-26(33)31(28(35)37-25)16-20-6-9-22(29)15-24(20)30/h6-11,13-15H,4-5,12,16H2,1-3H3/b25-14-. The molecule has 1 saturated heterocycles. The van der Waals surface area contributed by atoms with Crippen LogP contribution in [0, 0.1) is 13.8 Å². The lowest BCUT2D eigenvalue weighted by Gasteiger charge is -2.13. The van der Waals surface area contributed by atoms with Crippen LogP contribution in [0.3, 0.4) is 0 Å². The highest BCUT2D eigenvalue weighted by molar-refractivity contribution is 8.18. The van der Waals surface area contributed by atoms with Crippen molar-refractivity contribution in [3.8, 4) is 5.69 Å². The second kappa shape index (κ2) is 11.6. The first-order valence-electron chi connectivity index (χ1n) is 11.9. The summed E-state index contributed by atoms with van der Waals surface area (Å²) < 4.78 is 7.32.